The van der Waals surface area contributed by atoms with Gasteiger partial charge in [-0.1, -0.05) is 182 Å². The average molecular weight is 616 g/mol. The van der Waals surface area contributed by atoms with E-state index >= 15 is 0 Å². The molecule has 0 unspecified atom stereocenters. The topological polar surface area (TPSA) is 13.1 Å². The number of para-hydroxylation sites is 1. The maximum Gasteiger partial charge on any atom is 0.143 e. The Morgan fingerprint density at radius 1 is 0.340 bits per heavy atom. The van der Waals surface area contributed by atoms with Gasteiger partial charge in [-0.05, 0) is 49.4 Å². The summed E-state index contributed by atoms with van der Waals surface area (Å²) in [7, 11) is 0. The Hall–Kier alpha value is -6.18. The molecule has 0 atom stereocenters. The molecule has 1 heterocycles. The second-order valence-electron chi connectivity index (χ2n) is 10.7. The van der Waals surface area contributed by atoms with Crippen LogP contribution < -0.4 is 0 Å². The van der Waals surface area contributed by atoms with Crippen molar-refractivity contribution in [2.45, 2.75) is 0 Å². The van der Waals surface area contributed by atoms with Crippen LogP contribution in [0, 0.1) is 0 Å². The Morgan fingerprint density at radius 2 is 0.872 bits per heavy atom. The highest BCUT2D eigenvalue weighted by Crippen LogP contribution is 2.51. The van der Waals surface area contributed by atoms with Crippen LogP contribution in [0.2, 0.25) is 0 Å². The molecule has 47 heavy (non-hydrogen) atoms. The van der Waals surface area contributed by atoms with E-state index < -0.39 is 103 Å². The summed E-state index contributed by atoms with van der Waals surface area (Å²) in [5.74, 6) is -0.324. The van der Waals surface area contributed by atoms with E-state index in [1.165, 1.54) is 18.2 Å². The van der Waals surface area contributed by atoms with Gasteiger partial charge in [-0.3, -0.25) is 0 Å². The predicted molar refractivity (Wildman–Crippen MR) is 198 cm³/mol. The monoisotopic (exact) mass is 615 g/mol. The zero-order valence-corrected chi connectivity index (χ0v) is 24.4. The molecule has 1 nitrogen and oxygen atoms in total. The summed E-state index contributed by atoms with van der Waals surface area (Å²) in [6.07, 6.45) is 0. The lowest BCUT2D eigenvalue weighted by molar-refractivity contribution is 0.634. The van der Waals surface area contributed by atoms with Crippen molar-refractivity contribution in [3.8, 4) is 55.8 Å². The van der Waals surface area contributed by atoms with Crippen molar-refractivity contribution in [2.24, 2.45) is 0 Å². The molecule has 0 aliphatic rings. The molecular formula is C46H30O. The number of hydrogen-bond donors (Lipinski definition) is 0. The molecule has 220 valence electrons. The van der Waals surface area contributed by atoms with Crippen LogP contribution in [0.5, 0.6) is 0 Å². The van der Waals surface area contributed by atoms with Gasteiger partial charge < -0.3 is 4.42 Å². The van der Waals surface area contributed by atoms with Crippen LogP contribution in [0.15, 0.2) is 186 Å². The van der Waals surface area contributed by atoms with Crippen molar-refractivity contribution in [1.29, 1.82) is 0 Å². The molecule has 0 fully saturated rings. The summed E-state index contributed by atoms with van der Waals surface area (Å²) in [5, 5.41) is -0.598. The lowest BCUT2D eigenvalue weighted by Gasteiger charge is -2.18. The fraction of sp³-hybridized carbons (Fsp3) is 0. The van der Waals surface area contributed by atoms with Gasteiger partial charge in [0.1, 0.15) is 11.3 Å². The maximum atomic E-state index is 9.58. The minimum absolute atomic E-state index is 0.0394. The largest absolute Gasteiger partial charge is 0.455 e. The molecule has 1 aromatic heterocycles. The number of rotatable bonds is 5. The van der Waals surface area contributed by atoms with Crippen molar-refractivity contribution in [3.05, 3.63) is 182 Å². The molecule has 8 aromatic carbocycles. The Balaban J connectivity index is 1.65. The van der Waals surface area contributed by atoms with Gasteiger partial charge in [0.25, 0.3) is 0 Å². The number of furan rings is 1. The molecule has 0 aliphatic carbocycles. The van der Waals surface area contributed by atoms with Gasteiger partial charge in [0.05, 0.1) is 23.3 Å². The van der Waals surface area contributed by atoms with Gasteiger partial charge in [0, 0.05) is 27.6 Å². The quantitative estimate of drug-likeness (QED) is 0.176. The first-order chi connectivity index (χ1) is 30.4. The first-order valence-electron chi connectivity index (χ1n) is 23.2. The summed E-state index contributed by atoms with van der Waals surface area (Å²) in [5.41, 5.74) is -0.301. The Bertz CT molecular complexity index is 3400. The summed E-state index contributed by atoms with van der Waals surface area (Å²) >= 11 is 0. The molecule has 0 amide bonds. The van der Waals surface area contributed by atoms with E-state index in [1.807, 2.05) is 0 Å². The SMILES string of the molecule is [2H]c1c([2H])c([2H])c(-c2cccc3c(-c4c5c([2H])c([2H])c([2H])c([2H])c5c(-c5ccccc5)c5c([2H])c([2H])c([2H])c([2H])c45)c(-c4c([2H])c([2H])c([2H])c([2H])c4-c4ccccc4)oc23)c([2H])c1[2H]. The lowest BCUT2D eigenvalue weighted by Crippen LogP contribution is -1.92. The van der Waals surface area contributed by atoms with E-state index in [1.54, 1.807) is 60.7 Å². The van der Waals surface area contributed by atoms with Crippen molar-refractivity contribution in [3.63, 3.8) is 0 Å². The minimum Gasteiger partial charge on any atom is -0.455 e. The fourth-order valence-electron chi connectivity index (χ4n) is 6.20. The number of hydrogen-bond acceptors (Lipinski definition) is 1. The minimum atomic E-state index is -0.682. The first-order valence-corrected chi connectivity index (χ1v) is 14.7. The predicted octanol–water partition coefficient (Wildman–Crippen LogP) is 13.1. The van der Waals surface area contributed by atoms with Gasteiger partial charge in [-0.25, -0.2) is 0 Å². The molecule has 0 radical (unpaired) electrons. The van der Waals surface area contributed by atoms with Gasteiger partial charge in [0.2, 0.25) is 0 Å². The highest BCUT2D eigenvalue weighted by Gasteiger charge is 2.26. The van der Waals surface area contributed by atoms with E-state index in [4.69, 9.17) is 19.5 Å². The summed E-state index contributed by atoms with van der Waals surface area (Å²) in [4.78, 5) is 0. The molecule has 0 N–H and O–H groups in total. The number of benzene rings is 8. The maximum absolute atomic E-state index is 9.58. The van der Waals surface area contributed by atoms with Gasteiger partial charge in [-0.2, -0.15) is 0 Å². The van der Waals surface area contributed by atoms with Crippen LogP contribution in [-0.4, -0.2) is 0 Å². The molecule has 0 saturated carbocycles. The smallest absolute Gasteiger partial charge is 0.143 e. The second-order valence-corrected chi connectivity index (χ2v) is 10.7. The van der Waals surface area contributed by atoms with E-state index in [9.17, 15) is 8.22 Å². The zero-order chi connectivity index (χ0) is 46.0. The first kappa shape index (κ1) is 14.9. The fourth-order valence-corrected chi connectivity index (χ4v) is 6.20. The van der Waals surface area contributed by atoms with Crippen LogP contribution in [0.1, 0.15) is 23.3 Å². The van der Waals surface area contributed by atoms with Crippen molar-refractivity contribution >= 4 is 32.5 Å². The third-order valence-corrected chi connectivity index (χ3v) is 8.15. The third-order valence-electron chi connectivity index (χ3n) is 8.15. The Morgan fingerprint density at radius 3 is 1.51 bits per heavy atom. The van der Waals surface area contributed by atoms with Crippen LogP contribution in [0.3, 0.4) is 0 Å². The molecular weight excluding hydrogens is 569 g/mol. The normalized spacial score (nSPS) is 16.5. The van der Waals surface area contributed by atoms with E-state index in [0.717, 1.165) is 0 Å². The summed E-state index contributed by atoms with van der Waals surface area (Å²) in [6, 6.07) is 10.7. The highest BCUT2D eigenvalue weighted by molar-refractivity contribution is 6.25. The van der Waals surface area contributed by atoms with Crippen LogP contribution in [-0.2, 0) is 0 Å². The van der Waals surface area contributed by atoms with Crippen LogP contribution >= 0.6 is 0 Å². The van der Waals surface area contributed by atoms with Crippen LogP contribution in [0.25, 0.3) is 88.3 Å². The van der Waals surface area contributed by atoms with E-state index in [-0.39, 0.29) is 77.2 Å². The van der Waals surface area contributed by atoms with Gasteiger partial charge in [0.15, 0.2) is 0 Å². The van der Waals surface area contributed by atoms with Crippen molar-refractivity contribution in [2.75, 3.05) is 0 Å². The van der Waals surface area contributed by atoms with Crippen molar-refractivity contribution in [1.82, 2.24) is 0 Å². The lowest BCUT2D eigenvalue weighted by atomic mass is 9.84. The summed E-state index contributed by atoms with van der Waals surface area (Å²) in [6.45, 7) is 0. The van der Waals surface area contributed by atoms with Gasteiger partial charge >= 0.3 is 0 Å². The molecule has 0 saturated heterocycles. The average Bonchev–Trinajstić information content (AvgIpc) is 3.69. The molecule has 0 bridgehead atoms. The highest BCUT2D eigenvalue weighted by atomic mass is 16.3. The van der Waals surface area contributed by atoms with Crippen LogP contribution in [0.4, 0.5) is 0 Å². The molecule has 9 aromatic rings. The molecule has 1 heteroatoms. The molecule has 9 rings (SSSR count). The van der Waals surface area contributed by atoms with E-state index in [0.29, 0.717) is 11.1 Å². The standard InChI is InChI=1S/C46H30O/c1-4-17-31(18-5-1)34-23-10-15-28-40(34)46-44(41-30-16-29-35(45(41)47-46)32-19-6-2-7-20-32)43-38-26-13-11-24-36(38)42(33-21-8-3-9-22-33)37-25-12-14-27-39(37)43/h1-30H/i2D,6D,7D,10D,11D,12D,13D,14D,15D,19D,20D,23D,24D,25D,26D,27D,28D. The Kier molecular flexibility index (Phi) is 3.60. The second kappa shape index (κ2) is 11.3. The van der Waals surface area contributed by atoms with E-state index in [2.05, 4.69) is 0 Å². The Labute approximate surface area is 297 Å². The third kappa shape index (κ3) is 4.47. The van der Waals surface area contributed by atoms with Crippen molar-refractivity contribution < 1.29 is 27.7 Å². The number of fused-ring (bicyclic) bond motifs is 3. The molecule has 0 spiro atoms. The summed E-state index contributed by atoms with van der Waals surface area (Å²) < 4.78 is 160. The molecule has 0 aliphatic heterocycles. The van der Waals surface area contributed by atoms with Gasteiger partial charge in [-0.15, -0.1) is 0 Å². The zero-order valence-electron chi connectivity index (χ0n) is 41.4.